The molecule has 0 amide bonds. The summed E-state index contributed by atoms with van der Waals surface area (Å²) in [7, 11) is 0. The number of nitrogens with zero attached hydrogens (tertiary/aromatic N) is 1. The first-order valence-corrected chi connectivity index (χ1v) is 7.35. The van der Waals surface area contributed by atoms with Crippen LogP contribution in [0.4, 0.5) is 0 Å². The normalized spacial score (nSPS) is 11.8. The second-order valence-corrected chi connectivity index (χ2v) is 6.74. The van der Waals surface area contributed by atoms with E-state index >= 15 is 0 Å². The van der Waals surface area contributed by atoms with Gasteiger partial charge in [0.25, 0.3) is 0 Å². The summed E-state index contributed by atoms with van der Waals surface area (Å²) in [6.45, 7) is 13.7. The summed E-state index contributed by atoms with van der Waals surface area (Å²) in [5.74, 6) is 2.10. The molecule has 0 aromatic carbocycles. The van der Waals surface area contributed by atoms with E-state index in [-0.39, 0.29) is 0 Å². The molecule has 0 aliphatic carbocycles. The maximum absolute atomic E-state index is 4.64. The Morgan fingerprint density at radius 3 is 1.78 bits per heavy atom. The minimum atomic E-state index is 0.681. The van der Waals surface area contributed by atoms with E-state index in [1.165, 1.54) is 23.2 Å². The fraction of sp³-hybridized carbons (Fsp3) is 0.706. The molecule has 0 saturated carbocycles. The van der Waals surface area contributed by atoms with Crippen LogP contribution in [0.3, 0.4) is 0 Å². The van der Waals surface area contributed by atoms with E-state index < -0.39 is 0 Å². The number of hydrogen-bond acceptors (Lipinski definition) is 1. The van der Waals surface area contributed by atoms with Gasteiger partial charge in [-0.15, -0.1) is 0 Å². The molecule has 0 aliphatic heterocycles. The van der Waals surface area contributed by atoms with E-state index in [4.69, 9.17) is 0 Å². The molecule has 18 heavy (non-hydrogen) atoms. The largest absolute Gasteiger partial charge is 0.261 e. The van der Waals surface area contributed by atoms with Crippen molar-refractivity contribution in [2.45, 2.75) is 60.8 Å². The van der Waals surface area contributed by atoms with Gasteiger partial charge in [-0.3, -0.25) is 4.98 Å². The fourth-order valence-electron chi connectivity index (χ4n) is 2.36. The van der Waals surface area contributed by atoms with Crippen molar-refractivity contribution in [1.82, 2.24) is 4.98 Å². The van der Waals surface area contributed by atoms with Crippen molar-refractivity contribution >= 4 is 0 Å². The Kier molecular flexibility index (Phi) is 5.84. The van der Waals surface area contributed by atoms with Gasteiger partial charge < -0.3 is 0 Å². The third kappa shape index (κ3) is 5.20. The fourth-order valence-corrected chi connectivity index (χ4v) is 2.36. The summed E-state index contributed by atoms with van der Waals surface area (Å²) in [6, 6.07) is 2.34. The number of pyridine rings is 1. The van der Waals surface area contributed by atoms with Crippen LogP contribution >= 0.6 is 0 Å². The van der Waals surface area contributed by atoms with Crippen molar-refractivity contribution in [3.05, 3.63) is 29.1 Å². The first-order valence-electron chi connectivity index (χ1n) is 7.35. The standard InChI is InChI=1S/C17H29N/c1-12(2)7-15-10-17(9-14(5)6)18-11-16(15)8-13(3)4/h10-14H,7-9H2,1-6H3. The molecular weight excluding hydrogens is 218 g/mol. The van der Waals surface area contributed by atoms with Crippen LogP contribution in [-0.4, -0.2) is 4.98 Å². The molecule has 1 aromatic rings. The predicted molar refractivity (Wildman–Crippen MR) is 79.9 cm³/mol. The highest BCUT2D eigenvalue weighted by Crippen LogP contribution is 2.19. The van der Waals surface area contributed by atoms with E-state index in [1.807, 2.05) is 0 Å². The quantitative estimate of drug-likeness (QED) is 0.711. The van der Waals surface area contributed by atoms with Gasteiger partial charge in [0, 0.05) is 11.9 Å². The molecule has 1 heterocycles. The van der Waals surface area contributed by atoms with Crippen molar-refractivity contribution in [3.63, 3.8) is 0 Å². The summed E-state index contributed by atoms with van der Waals surface area (Å²) in [5.41, 5.74) is 4.23. The highest BCUT2D eigenvalue weighted by atomic mass is 14.7. The lowest BCUT2D eigenvalue weighted by Gasteiger charge is -2.15. The molecule has 0 atom stereocenters. The zero-order valence-corrected chi connectivity index (χ0v) is 13.0. The second kappa shape index (κ2) is 6.92. The highest BCUT2D eigenvalue weighted by molar-refractivity contribution is 5.28. The molecule has 1 nitrogen and oxygen atoms in total. The van der Waals surface area contributed by atoms with Gasteiger partial charge in [-0.2, -0.15) is 0 Å². The third-order valence-corrected chi connectivity index (χ3v) is 3.01. The minimum Gasteiger partial charge on any atom is -0.261 e. The zero-order valence-electron chi connectivity index (χ0n) is 13.0. The second-order valence-electron chi connectivity index (χ2n) is 6.74. The maximum atomic E-state index is 4.64. The summed E-state index contributed by atoms with van der Waals surface area (Å²) in [4.78, 5) is 4.64. The summed E-state index contributed by atoms with van der Waals surface area (Å²) < 4.78 is 0. The van der Waals surface area contributed by atoms with Gasteiger partial charge in [-0.25, -0.2) is 0 Å². The lowest BCUT2D eigenvalue weighted by molar-refractivity contribution is 0.604. The summed E-state index contributed by atoms with van der Waals surface area (Å²) >= 11 is 0. The Hall–Kier alpha value is -0.850. The molecule has 1 aromatic heterocycles. The highest BCUT2D eigenvalue weighted by Gasteiger charge is 2.09. The molecular formula is C17H29N. The molecule has 0 radical (unpaired) electrons. The van der Waals surface area contributed by atoms with Crippen LogP contribution in [-0.2, 0) is 19.3 Å². The average molecular weight is 247 g/mol. The van der Waals surface area contributed by atoms with Gasteiger partial charge in [0.2, 0.25) is 0 Å². The summed E-state index contributed by atoms with van der Waals surface area (Å²) in [6.07, 6.45) is 5.54. The molecule has 0 N–H and O–H groups in total. The maximum Gasteiger partial charge on any atom is 0.0409 e. The minimum absolute atomic E-state index is 0.681. The van der Waals surface area contributed by atoms with Crippen LogP contribution < -0.4 is 0 Å². The van der Waals surface area contributed by atoms with Crippen LogP contribution in [0.15, 0.2) is 12.3 Å². The van der Waals surface area contributed by atoms with Gasteiger partial charge in [-0.1, -0.05) is 41.5 Å². The molecule has 1 rings (SSSR count). The molecule has 0 saturated heterocycles. The van der Waals surface area contributed by atoms with Crippen LogP contribution in [0, 0.1) is 17.8 Å². The molecule has 0 unspecified atom stereocenters. The van der Waals surface area contributed by atoms with Crippen molar-refractivity contribution in [2.24, 2.45) is 17.8 Å². The summed E-state index contributed by atoms with van der Waals surface area (Å²) in [5, 5.41) is 0. The van der Waals surface area contributed by atoms with Gasteiger partial charge in [0.05, 0.1) is 0 Å². The monoisotopic (exact) mass is 247 g/mol. The van der Waals surface area contributed by atoms with Gasteiger partial charge in [-0.05, 0) is 54.2 Å². The van der Waals surface area contributed by atoms with Crippen molar-refractivity contribution in [1.29, 1.82) is 0 Å². The Bertz CT molecular complexity index is 364. The number of rotatable bonds is 6. The average Bonchev–Trinajstić information content (AvgIpc) is 2.19. The topological polar surface area (TPSA) is 12.9 Å². The van der Waals surface area contributed by atoms with E-state index in [0.717, 1.165) is 12.8 Å². The third-order valence-electron chi connectivity index (χ3n) is 3.01. The molecule has 0 bridgehead atoms. The van der Waals surface area contributed by atoms with Gasteiger partial charge >= 0.3 is 0 Å². The van der Waals surface area contributed by atoms with Crippen LogP contribution in [0.25, 0.3) is 0 Å². The van der Waals surface area contributed by atoms with E-state index in [2.05, 4.69) is 58.8 Å². The van der Waals surface area contributed by atoms with Crippen LogP contribution in [0.5, 0.6) is 0 Å². The molecule has 1 heteroatoms. The Labute approximate surface area is 113 Å². The Morgan fingerprint density at radius 2 is 1.28 bits per heavy atom. The van der Waals surface area contributed by atoms with Crippen molar-refractivity contribution < 1.29 is 0 Å². The van der Waals surface area contributed by atoms with E-state index in [1.54, 1.807) is 0 Å². The Morgan fingerprint density at radius 1 is 0.778 bits per heavy atom. The molecule has 102 valence electrons. The smallest absolute Gasteiger partial charge is 0.0409 e. The van der Waals surface area contributed by atoms with E-state index in [9.17, 15) is 0 Å². The predicted octanol–water partition coefficient (Wildman–Crippen LogP) is 4.68. The SMILES string of the molecule is CC(C)Cc1cc(CC(C)C)c(CC(C)C)cn1. The van der Waals surface area contributed by atoms with Gasteiger partial charge in [0.1, 0.15) is 0 Å². The van der Waals surface area contributed by atoms with Crippen molar-refractivity contribution in [2.75, 3.05) is 0 Å². The van der Waals surface area contributed by atoms with Gasteiger partial charge in [0.15, 0.2) is 0 Å². The Balaban J connectivity index is 2.96. The van der Waals surface area contributed by atoms with E-state index in [0.29, 0.717) is 17.8 Å². The van der Waals surface area contributed by atoms with Crippen LogP contribution in [0.1, 0.15) is 58.4 Å². The number of aromatic nitrogens is 1. The zero-order chi connectivity index (χ0) is 13.7. The lowest BCUT2D eigenvalue weighted by Crippen LogP contribution is -2.07. The molecule has 0 aliphatic rings. The number of hydrogen-bond donors (Lipinski definition) is 0. The van der Waals surface area contributed by atoms with Crippen LogP contribution in [0.2, 0.25) is 0 Å². The first-order chi connectivity index (χ1) is 8.38. The molecule has 0 fully saturated rings. The lowest BCUT2D eigenvalue weighted by atomic mass is 9.93. The molecule has 0 spiro atoms. The van der Waals surface area contributed by atoms with Crippen molar-refractivity contribution in [3.8, 4) is 0 Å². The first kappa shape index (κ1) is 15.2.